The Labute approximate surface area is 152 Å². The highest BCUT2D eigenvalue weighted by Gasteiger charge is 2.17. The largest absolute Gasteiger partial charge is 0.444 e. The van der Waals surface area contributed by atoms with Crippen molar-refractivity contribution in [3.8, 4) is 0 Å². The topological polar surface area (TPSA) is 50.4 Å². The van der Waals surface area contributed by atoms with Gasteiger partial charge >= 0.3 is 6.09 Å². The van der Waals surface area contributed by atoms with Crippen molar-refractivity contribution in [2.75, 3.05) is 6.54 Å². The third-order valence-electron chi connectivity index (χ3n) is 3.12. The summed E-state index contributed by atoms with van der Waals surface area (Å²) >= 11 is 9.56. The second kappa shape index (κ2) is 9.50. The molecular weight excluding hydrogens is 380 g/mol. The summed E-state index contributed by atoms with van der Waals surface area (Å²) in [5.74, 6) is 0. The van der Waals surface area contributed by atoms with E-state index in [1.165, 1.54) is 0 Å². The number of hydrogen-bond acceptors (Lipinski definition) is 3. The van der Waals surface area contributed by atoms with Gasteiger partial charge in [-0.1, -0.05) is 40.9 Å². The standard InChI is InChI=1S/C17H26BrClN2O2/c1-5-6-14(11-21-16(22)23-17(2,3)4)20-10-12-9-13(19)7-8-15(12)18/h7-9,14,20H,5-6,10-11H2,1-4H3,(H,21,22). The van der Waals surface area contributed by atoms with Crippen molar-refractivity contribution in [3.05, 3.63) is 33.3 Å². The monoisotopic (exact) mass is 404 g/mol. The van der Waals surface area contributed by atoms with Crippen molar-refractivity contribution >= 4 is 33.6 Å². The maximum Gasteiger partial charge on any atom is 0.407 e. The van der Waals surface area contributed by atoms with Crippen molar-refractivity contribution < 1.29 is 9.53 Å². The van der Waals surface area contributed by atoms with E-state index in [0.29, 0.717) is 18.1 Å². The normalized spacial score (nSPS) is 12.8. The SMILES string of the molecule is CCCC(CNC(=O)OC(C)(C)C)NCc1cc(Cl)ccc1Br. The van der Waals surface area contributed by atoms with Gasteiger partial charge in [0.05, 0.1) is 0 Å². The number of carbonyl (C=O) groups is 1. The summed E-state index contributed by atoms with van der Waals surface area (Å²) < 4.78 is 6.28. The molecule has 1 rings (SSSR count). The second-order valence-electron chi connectivity index (χ2n) is 6.49. The third kappa shape index (κ3) is 8.58. The van der Waals surface area contributed by atoms with Crippen LogP contribution in [0.1, 0.15) is 46.1 Å². The van der Waals surface area contributed by atoms with Crippen molar-refractivity contribution in [3.63, 3.8) is 0 Å². The van der Waals surface area contributed by atoms with Crippen LogP contribution in [0.4, 0.5) is 4.79 Å². The van der Waals surface area contributed by atoms with Gasteiger partial charge in [-0.3, -0.25) is 0 Å². The van der Waals surface area contributed by atoms with Gasteiger partial charge in [-0.15, -0.1) is 0 Å². The van der Waals surface area contributed by atoms with Crippen LogP contribution in [0.15, 0.2) is 22.7 Å². The van der Waals surface area contributed by atoms with Crippen molar-refractivity contribution in [1.82, 2.24) is 10.6 Å². The van der Waals surface area contributed by atoms with Crippen LogP contribution in [0, 0.1) is 0 Å². The van der Waals surface area contributed by atoms with E-state index in [2.05, 4.69) is 33.5 Å². The maximum absolute atomic E-state index is 11.8. The molecule has 4 nitrogen and oxygen atoms in total. The van der Waals surface area contributed by atoms with Crippen molar-refractivity contribution in [2.45, 2.75) is 58.7 Å². The predicted octanol–water partition coefficient (Wildman–Crippen LogP) is 4.89. The smallest absolute Gasteiger partial charge is 0.407 e. The fourth-order valence-electron chi connectivity index (χ4n) is 2.08. The Morgan fingerprint density at radius 2 is 2.09 bits per heavy atom. The number of amides is 1. The summed E-state index contributed by atoms with van der Waals surface area (Å²) in [6.07, 6.45) is 1.61. The highest BCUT2D eigenvalue weighted by Crippen LogP contribution is 2.21. The van der Waals surface area contributed by atoms with Gasteiger partial charge in [-0.2, -0.15) is 0 Å². The molecule has 130 valence electrons. The molecule has 1 unspecified atom stereocenters. The lowest BCUT2D eigenvalue weighted by molar-refractivity contribution is 0.0521. The molecule has 1 atom stereocenters. The highest BCUT2D eigenvalue weighted by molar-refractivity contribution is 9.10. The fourth-order valence-corrected chi connectivity index (χ4v) is 2.66. The lowest BCUT2D eigenvalue weighted by Crippen LogP contribution is -2.42. The zero-order valence-corrected chi connectivity index (χ0v) is 16.6. The molecule has 0 spiro atoms. The molecule has 0 radical (unpaired) electrons. The molecule has 0 heterocycles. The number of hydrogen-bond donors (Lipinski definition) is 2. The van der Waals surface area contributed by atoms with Crippen molar-refractivity contribution in [2.24, 2.45) is 0 Å². The average Bonchev–Trinajstić information content (AvgIpc) is 2.43. The summed E-state index contributed by atoms with van der Waals surface area (Å²) in [5.41, 5.74) is 0.611. The summed E-state index contributed by atoms with van der Waals surface area (Å²) in [4.78, 5) is 11.8. The Kier molecular flexibility index (Phi) is 8.37. The quantitative estimate of drug-likeness (QED) is 0.679. The molecule has 0 aliphatic heterocycles. The minimum Gasteiger partial charge on any atom is -0.444 e. The van der Waals surface area contributed by atoms with E-state index in [1.807, 2.05) is 39.0 Å². The molecule has 0 saturated carbocycles. The summed E-state index contributed by atoms with van der Waals surface area (Å²) in [5, 5.41) is 7.00. The van der Waals surface area contributed by atoms with E-state index in [1.54, 1.807) is 0 Å². The molecule has 1 aromatic carbocycles. The number of benzene rings is 1. The summed E-state index contributed by atoms with van der Waals surface area (Å²) in [6, 6.07) is 5.90. The molecule has 0 aromatic heterocycles. The number of rotatable bonds is 7. The Morgan fingerprint density at radius 1 is 1.39 bits per heavy atom. The fraction of sp³-hybridized carbons (Fsp3) is 0.588. The van der Waals surface area contributed by atoms with Crippen LogP contribution in [0.3, 0.4) is 0 Å². The first kappa shape index (κ1) is 20.3. The first-order valence-electron chi connectivity index (χ1n) is 7.85. The molecule has 23 heavy (non-hydrogen) atoms. The molecule has 0 fully saturated rings. The highest BCUT2D eigenvalue weighted by atomic mass is 79.9. The van der Waals surface area contributed by atoms with Gasteiger partial charge in [0.15, 0.2) is 0 Å². The van der Waals surface area contributed by atoms with E-state index in [4.69, 9.17) is 16.3 Å². The van der Waals surface area contributed by atoms with Crippen LogP contribution in [0.5, 0.6) is 0 Å². The minimum atomic E-state index is -0.483. The summed E-state index contributed by atoms with van der Waals surface area (Å²) in [6.45, 7) is 8.89. The lowest BCUT2D eigenvalue weighted by atomic mass is 10.1. The first-order chi connectivity index (χ1) is 10.7. The van der Waals surface area contributed by atoms with Gasteiger partial charge in [0.2, 0.25) is 0 Å². The molecule has 2 N–H and O–H groups in total. The van der Waals surface area contributed by atoms with Gasteiger partial charge in [-0.25, -0.2) is 4.79 Å². The van der Waals surface area contributed by atoms with Crippen LogP contribution in [0.2, 0.25) is 5.02 Å². The Bertz CT molecular complexity index is 518. The van der Waals surface area contributed by atoms with E-state index in [9.17, 15) is 4.79 Å². The number of ether oxygens (including phenoxy) is 1. The van der Waals surface area contributed by atoms with E-state index >= 15 is 0 Å². The maximum atomic E-state index is 11.8. The van der Waals surface area contributed by atoms with E-state index in [-0.39, 0.29) is 12.1 Å². The van der Waals surface area contributed by atoms with Crippen LogP contribution < -0.4 is 10.6 Å². The van der Waals surface area contributed by atoms with Gasteiger partial charge in [0.1, 0.15) is 5.60 Å². The van der Waals surface area contributed by atoms with Crippen molar-refractivity contribution in [1.29, 1.82) is 0 Å². The molecule has 0 aliphatic rings. The van der Waals surface area contributed by atoms with Gasteiger partial charge in [0, 0.05) is 28.6 Å². The first-order valence-corrected chi connectivity index (χ1v) is 9.02. The molecular formula is C17H26BrClN2O2. The van der Waals surface area contributed by atoms with Gasteiger partial charge < -0.3 is 15.4 Å². The Hall–Kier alpha value is -0.780. The Morgan fingerprint density at radius 3 is 2.70 bits per heavy atom. The number of carbonyl (C=O) groups excluding carboxylic acids is 1. The third-order valence-corrected chi connectivity index (χ3v) is 4.13. The van der Waals surface area contributed by atoms with Crippen LogP contribution in [-0.2, 0) is 11.3 Å². The average molecular weight is 406 g/mol. The van der Waals surface area contributed by atoms with E-state index < -0.39 is 5.60 Å². The minimum absolute atomic E-state index is 0.179. The Balaban J connectivity index is 2.51. The zero-order chi connectivity index (χ0) is 17.5. The van der Waals surface area contributed by atoms with Crippen LogP contribution in [-0.4, -0.2) is 24.3 Å². The number of halogens is 2. The molecule has 0 bridgehead atoms. The van der Waals surface area contributed by atoms with Crippen LogP contribution in [0.25, 0.3) is 0 Å². The van der Waals surface area contributed by atoms with E-state index in [0.717, 1.165) is 22.9 Å². The summed E-state index contributed by atoms with van der Waals surface area (Å²) in [7, 11) is 0. The number of alkyl carbamates (subject to hydrolysis) is 1. The van der Waals surface area contributed by atoms with Gasteiger partial charge in [0.25, 0.3) is 0 Å². The zero-order valence-electron chi connectivity index (χ0n) is 14.2. The molecule has 0 saturated heterocycles. The van der Waals surface area contributed by atoms with Crippen LogP contribution >= 0.6 is 27.5 Å². The molecule has 6 heteroatoms. The predicted molar refractivity (Wildman–Crippen MR) is 98.9 cm³/mol. The molecule has 1 aromatic rings. The second-order valence-corrected chi connectivity index (χ2v) is 7.78. The molecule has 1 amide bonds. The van der Waals surface area contributed by atoms with Gasteiger partial charge in [-0.05, 0) is 51.0 Å². The lowest BCUT2D eigenvalue weighted by Gasteiger charge is -2.22. The number of nitrogens with one attached hydrogen (secondary N) is 2. The molecule has 0 aliphatic carbocycles.